The van der Waals surface area contributed by atoms with Crippen LogP contribution in [0.4, 0.5) is 5.95 Å². The Bertz CT molecular complexity index is 1180. The number of anilines is 1. The van der Waals surface area contributed by atoms with E-state index in [2.05, 4.69) is 25.7 Å². The number of H-pyrrole nitrogens is 1. The highest BCUT2D eigenvalue weighted by atomic mass is 16.5. The summed E-state index contributed by atoms with van der Waals surface area (Å²) in [4.78, 5) is 14.0. The molecule has 1 saturated carbocycles. The van der Waals surface area contributed by atoms with Crippen LogP contribution in [0.3, 0.4) is 0 Å². The second-order valence-corrected chi connectivity index (χ2v) is 8.07. The molecule has 8 nitrogen and oxygen atoms in total. The van der Waals surface area contributed by atoms with E-state index in [9.17, 15) is 0 Å². The minimum absolute atomic E-state index is 0.451. The van der Waals surface area contributed by atoms with Crippen molar-refractivity contribution in [3.8, 4) is 22.6 Å². The summed E-state index contributed by atoms with van der Waals surface area (Å²) in [6.45, 7) is 5.82. The molecule has 0 bridgehead atoms. The van der Waals surface area contributed by atoms with Crippen molar-refractivity contribution >= 4 is 17.0 Å². The number of aryl methyl sites for hydroxylation is 3. The molecule has 1 aliphatic carbocycles. The normalized spacial score (nSPS) is 15.0. The highest BCUT2D eigenvalue weighted by molar-refractivity contribution is 5.92. The summed E-state index contributed by atoms with van der Waals surface area (Å²) in [6.07, 6.45) is 8.07. The molecule has 0 unspecified atom stereocenters. The first kappa shape index (κ1) is 18.7. The highest BCUT2D eigenvalue weighted by Crippen LogP contribution is 2.31. The van der Waals surface area contributed by atoms with Gasteiger partial charge in [0.2, 0.25) is 5.95 Å². The Morgan fingerprint density at radius 1 is 1.07 bits per heavy atom. The van der Waals surface area contributed by atoms with E-state index in [1.165, 1.54) is 32.1 Å². The lowest BCUT2D eigenvalue weighted by molar-refractivity contribution is 0.393. The van der Waals surface area contributed by atoms with Crippen molar-refractivity contribution in [2.24, 2.45) is 0 Å². The second-order valence-electron chi connectivity index (χ2n) is 8.07. The van der Waals surface area contributed by atoms with Gasteiger partial charge in [-0.3, -0.25) is 5.10 Å². The number of hydrogen-bond donors (Lipinski definition) is 2. The third-order valence-electron chi connectivity index (χ3n) is 5.85. The van der Waals surface area contributed by atoms with E-state index in [0.29, 0.717) is 17.6 Å². The summed E-state index contributed by atoms with van der Waals surface area (Å²) in [7, 11) is 0. The van der Waals surface area contributed by atoms with Crippen LogP contribution in [0.2, 0.25) is 0 Å². The number of nitrogens with one attached hydrogen (secondary N) is 2. The van der Waals surface area contributed by atoms with Crippen LogP contribution < -0.4 is 5.32 Å². The summed E-state index contributed by atoms with van der Waals surface area (Å²) in [5.74, 6) is 1.42. The van der Waals surface area contributed by atoms with Gasteiger partial charge in [-0.05, 0) is 51.3 Å². The molecule has 4 aromatic heterocycles. The minimum atomic E-state index is 0.451. The monoisotopic (exact) mass is 403 g/mol. The van der Waals surface area contributed by atoms with Crippen molar-refractivity contribution in [2.45, 2.75) is 58.9 Å². The average molecular weight is 403 g/mol. The van der Waals surface area contributed by atoms with Crippen molar-refractivity contribution in [2.75, 3.05) is 5.32 Å². The van der Waals surface area contributed by atoms with Crippen molar-refractivity contribution < 1.29 is 4.52 Å². The van der Waals surface area contributed by atoms with Crippen molar-refractivity contribution in [3.63, 3.8) is 0 Å². The predicted octanol–water partition coefficient (Wildman–Crippen LogP) is 4.74. The van der Waals surface area contributed by atoms with Gasteiger partial charge >= 0.3 is 0 Å². The van der Waals surface area contributed by atoms with Gasteiger partial charge in [-0.25, -0.2) is 15.0 Å². The lowest BCUT2D eigenvalue weighted by Crippen LogP contribution is -2.23. The molecule has 0 atom stereocenters. The molecule has 1 aliphatic rings. The Hall–Kier alpha value is -3.29. The number of hydrogen-bond acceptors (Lipinski definition) is 7. The first-order chi connectivity index (χ1) is 14.6. The minimum Gasteiger partial charge on any atom is -0.361 e. The van der Waals surface area contributed by atoms with Crippen molar-refractivity contribution in [1.82, 2.24) is 30.3 Å². The number of fused-ring (bicyclic) bond motifs is 1. The molecule has 0 saturated heterocycles. The quantitative estimate of drug-likeness (QED) is 0.507. The van der Waals surface area contributed by atoms with E-state index in [4.69, 9.17) is 14.5 Å². The molecule has 30 heavy (non-hydrogen) atoms. The van der Waals surface area contributed by atoms with E-state index >= 15 is 0 Å². The van der Waals surface area contributed by atoms with Gasteiger partial charge in [-0.1, -0.05) is 24.4 Å². The number of nitrogens with zero attached hydrogens (tertiary/aromatic N) is 5. The van der Waals surface area contributed by atoms with E-state index in [1.807, 2.05) is 39.1 Å². The predicted molar refractivity (Wildman–Crippen MR) is 115 cm³/mol. The molecule has 154 valence electrons. The maximum Gasteiger partial charge on any atom is 0.223 e. The van der Waals surface area contributed by atoms with Gasteiger partial charge < -0.3 is 9.84 Å². The topological polar surface area (TPSA) is 105 Å². The average Bonchev–Trinajstić information content (AvgIpc) is 3.32. The maximum absolute atomic E-state index is 5.29. The van der Waals surface area contributed by atoms with Crippen LogP contribution in [-0.2, 0) is 0 Å². The lowest BCUT2D eigenvalue weighted by atomic mass is 9.96. The fourth-order valence-corrected chi connectivity index (χ4v) is 4.26. The van der Waals surface area contributed by atoms with Crippen LogP contribution in [0.15, 0.2) is 22.9 Å². The Labute approximate surface area is 174 Å². The summed E-state index contributed by atoms with van der Waals surface area (Å²) < 4.78 is 5.29. The van der Waals surface area contributed by atoms with Gasteiger partial charge in [-0.15, -0.1) is 0 Å². The molecule has 5 rings (SSSR count). The molecule has 4 aromatic rings. The van der Waals surface area contributed by atoms with Crippen LogP contribution in [0.25, 0.3) is 33.7 Å². The lowest BCUT2D eigenvalue weighted by Gasteiger charge is -2.22. The molecule has 0 amide bonds. The molecule has 2 N–H and O–H groups in total. The van der Waals surface area contributed by atoms with Crippen molar-refractivity contribution in [3.05, 3.63) is 35.3 Å². The molecular weight excluding hydrogens is 378 g/mol. The summed E-state index contributed by atoms with van der Waals surface area (Å²) in [5.41, 5.74) is 5.87. The van der Waals surface area contributed by atoms with E-state index < -0.39 is 0 Å². The molecule has 0 radical (unpaired) electrons. The number of aromatic nitrogens is 6. The molecule has 4 heterocycles. The van der Waals surface area contributed by atoms with Crippen molar-refractivity contribution in [1.29, 1.82) is 0 Å². The van der Waals surface area contributed by atoms with Crippen LogP contribution in [0, 0.1) is 20.8 Å². The van der Waals surface area contributed by atoms with Crippen LogP contribution in [0.5, 0.6) is 0 Å². The molecular formula is C22H25N7O. The number of pyridine rings is 1. The van der Waals surface area contributed by atoms with Gasteiger partial charge in [-0.2, -0.15) is 5.10 Å². The molecule has 0 aliphatic heterocycles. The van der Waals surface area contributed by atoms with Gasteiger partial charge in [0.05, 0.1) is 28.3 Å². The third-order valence-corrected chi connectivity index (χ3v) is 5.85. The second kappa shape index (κ2) is 7.51. The Morgan fingerprint density at radius 2 is 1.90 bits per heavy atom. The first-order valence-electron chi connectivity index (χ1n) is 10.5. The van der Waals surface area contributed by atoms with Gasteiger partial charge in [0, 0.05) is 17.6 Å². The third kappa shape index (κ3) is 3.32. The fraction of sp³-hybridized carbons (Fsp3) is 0.409. The zero-order valence-electron chi connectivity index (χ0n) is 17.5. The number of rotatable bonds is 4. The molecule has 0 spiro atoms. The van der Waals surface area contributed by atoms with E-state index in [1.54, 1.807) is 0 Å². The van der Waals surface area contributed by atoms with Gasteiger partial charge in [0.25, 0.3) is 0 Å². The van der Waals surface area contributed by atoms with Crippen LogP contribution in [-0.4, -0.2) is 36.3 Å². The summed E-state index contributed by atoms with van der Waals surface area (Å²) >= 11 is 0. The molecule has 0 aromatic carbocycles. The Balaban J connectivity index is 1.51. The Kier molecular flexibility index (Phi) is 4.69. The van der Waals surface area contributed by atoms with E-state index in [-0.39, 0.29) is 0 Å². The summed E-state index contributed by atoms with van der Waals surface area (Å²) in [6, 6.07) is 4.45. The Morgan fingerprint density at radius 3 is 2.67 bits per heavy atom. The fourth-order valence-electron chi connectivity index (χ4n) is 4.26. The standard InChI is InChI=1S/C22H25N7O/c1-12-11-23-22(24-15-7-5-4-6-8-15)26-19(12)20-16-9-10-17(25-21(16)28-27-20)18-13(2)29-30-14(18)3/h9-11,15H,4-8H2,1-3H3,(H,23,24,26)(H,25,27,28). The largest absolute Gasteiger partial charge is 0.361 e. The molecule has 8 heteroatoms. The highest BCUT2D eigenvalue weighted by Gasteiger charge is 2.19. The van der Waals surface area contributed by atoms with Gasteiger partial charge in [0.15, 0.2) is 5.65 Å². The van der Waals surface area contributed by atoms with Crippen LogP contribution >= 0.6 is 0 Å². The van der Waals surface area contributed by atoms with Crippen LogP contribution in [0.1, 0.15) is 49.1 Å². The smallest absolute Gasteiger partial charge is 0.223 e. The first-order valence-corrected chi connectivity index (χ1v) is 10.5. The van der Waals surface area contributed by atoms with E-state index in [0.717, 1.165) is 45.0 Å². The zero-order chi connectivity index (χ0) is 20.7. The SMILES string of the molecule is Cc1cnc(NC2CCCCC2)nc1-c1[nH]nc2nc(-c3c(C)noc3C)ccc12. The zero-order valence-corrected chi connectivity index (χ0v) is 17.5. The van der Waals surface area contributed by atoms with Gasteiger partial charge in [0.1, 0.15) is 5.76 Å². The maximum atomic E-state index is 5.29. The summed E-state index contributed by atoms with van der Waals surface area (Å²) in [5, 5.41) is 16.0. The molecule has 1 fully saturated rings. The number of aromatic amines is 1.